The zero-order valence-electron chi connectivity index (χ0n) is 12.1. The van der Waals surface area contributed by atoms with Crippen LogP contribution in [0.15, 0.2) is 36.4 Å². The summed E-state index contributed by atoms with van der Waals surface area (Å²) < 4.78 is 15.7. The molecule has 0 radical (unpaired) electrons. The molecule has 0 fully saturated rings. The van der Waals surface area contributed by atoms with E-state index in [4.69, 9.17) is 25.8 Å². The Kier molecular flexibility index (Phi) is 4.94. The maximum absolute atomic E-state index is 10.6. The molecule has 0 spiro atoms. The summed E-state index contributed by atoms with van der Waals surface area (Å²) in [6.07, 6.45) is -0.900. The number of ether oxygens (including phenoxy) is 3. The second-order valence-corrected chi connectivity index (χ2v) is 4.87. The monoisotopic (exact) mass is 308 g/mol. The first-order chi connectivity index (χ1) is 10.1. The SMILES string of the molecule is COc1cc(OC)cc(C(O)c2cc(Cl)ccc2OC)c1. The lowest BCUT2D eigenvalue weighted by atomic mass is 10.00. The Morgan fingerprint density at radius 3 is 2.05 bits per heavy atom. The summed E-state index contributed by atoms with van der Waals surface area (Å²) in [6.45, 7) is 0. The predicted octanol–water partition coefficient (Wildman–Crippen LogP) is 3.45. The topological polar surface area (TPSA) is 47.9 Å². The average Bonchev–Trinajstić information content (AvgIpc) is 2.53. The third-order valence-corrected chi connectivity index (χ3v) is 3.41. The van der Waals surface area contributed by atoms with Crippen LogP contribution in [0, 0.1) is 0 Å². The van der Waals surface area contributed by atoms with Gasteiger partial charge in [-0.3, -0.25) is 0 Å². The number of hydrogen-bond donors (Lipinski definition) is 1. The molecular weight excluding hydrogens is 292 g/mol. The van der Waals surface area contributed by atoms with Gasteiger partial charge in [-0.05, 0) is 35.9 Å². The van der Waals surface area contributed by atoms with Crippen molar-refractivity contribution in [1.82, 2.24) is 0 Å². The molecule has 0 aromatic heterocycles. The number of hydrogen-bond acceptors (Lipinski definition) is 4. The third-order valence-electron chi connectivity index (χ3n) is 3.18. The zero-order valence-corrected chi connectivity index (χ0v) is 12.8. The van der Waals surface area contributed by atoms with Gasteiger partial charge in [0.25, 0.3) is 0 Å². The highest BCUT2D eigenvalue weighted by atomic mass is 35.5. The Hall–Kier alpha value is -1.91. The van der Waals surface area contributed by atoms with E-state index < -0.39 is 6.10 Å². The van der Waals surface area contributed by atoms with E-state index in [0.29, 0.717) is 33.4 Å². The van der Waals surface area contributed by atoms with Crippen LogP contribution in [-0.2, 0) is 0 Å². The fraction of sp³-hybridized carbons (Fsp3) is 0.250. The van der Waals surface area contributed by atoms with Gasteiger partial charge in [0.2, 0.25) is 0 Å². The first-order valence-electron chi connectivity index (χ1n) is 6.33. The van der Waals surface area contributed by atoms with Crippen molar-refractivity contribution in [2.45, 2.75) is 6.10 Å². The molecule has 0 amide bonds. The van der Waals surface area contributed by atoms with Crippen molar-refractivity contribution < 1.29 is 19.3 Å². The van der Waals surface area contributed by atoms with Gasteiger partial charge in [-0.2, -0.15) is 0 Å². The minimum absolute atomic E-state index is 0.528. The summed E-state index contributed by atoms with van der Waals surface area (Å²) in [4.78, 5) is 0. The summed E-state index contributed by atoms with van der Waals surface area (Å²) in [5.41, 5.74) is 1.21. The smallest absolute Gasteiger partial charge is 0.125 e. The van der Waals surface area contributed by atoms with E-state index in [9.17, 15) is 5.11 Å². The summed E-state index contributed by atoms with van der Waals surface area (Å²) in [5, 5.41) is 11.1. The van der Waals surface area contributed by atoms with Crippen molar-refractivity contribution in [3.63, 3.8) is 0 Å². The van der Waals surface area contributed by atoms with Gasteiger partial charge >= 0.3 is 0 Å². The van der Waals surface area contributed by atoms with Crippen LogP contribution >= 0.6 is 11.6 Å². The maximum atomic E-state index is 10.6. The molecule has 2 aromatic carbocycles. The molecule has 1 N–H and O–H groups in total. The molecule has 112 valence electrons. The van der Waals surface area contributed by atoms with Crippen LogP contribution in [0.2, 0.25) is 5.02 Å². The van der Waals surface area contributed by atoms with E-state index in [2.05, 4.69) is 0 Å². The van der Waals surface area contributed by atoms with Crippen LogP contribution in [0.1, 0.15) is 17.2 Å². The van der Waals surface area contributed by atoms with Crippen LogP contribution in [0.5, 0.6) is 17.2 Å². The molecule has 2 rings (SSSR count). The van der Waals surface area contributed by atoms with Gasteiger partial charge in [-0.1, -0.05) is 11.6 Å². The lowest BCUT2D eigenvalue weighted by Crippen LogP contribution is -2.03. The van der Waals surface area contributed by atoms with E-state index >= 15 is 0 Å². The molecule has 0 aliphatic heterocycles. The number of rotatable bonds is 5. The maximum Gasteiger partial charge on any atom is 0.125 e. The Morgan fingerprint density at radius 2 is 1.52 bits per heavy atom. The molecule has 0 aliphatic carbocycles. The fourth-order valence-corrected chi connectivity index (χ4v) is 2.27. The highest BCUT2D eigenvalue weighted by Crippen LogP contribution is 2.35. The van der Waals surface area contributed by atoms with Crippen molar-refractivity contribution in [1.29, 1.82) is 0 Å². The van der Waals surface area contributed by atoms with Crippen molar-refractivity contribution >= 4 is 11.6 Å². The van der Waals surface area contributed by atoms with Crippen molar-refractivity contribution in [3.05, 3.63) is 52.5 Å². The van der Waals surface area contributed by atoms with Gasteiger partial charge in [0, 0.05) is 16.7 Å². The lowest BCUT2D eigenvalue weighted by Gasteiger charge is -2.17. The number of halogens is 1. The van der Waals surface area contributed by atoms with Gasteiger partial charge in [-0.25, -0.2) is 0 Å². The lowest BCUT2D eigenvalue weighted by molar-refractivity contribution is 0.213. The minimum atomic E-state index is -0.900. The summed E-state index contributed by atoms with van der Waals surface area (Å²) in [6, 6.07) is 10.3. The molecule has 1 atom stereocenters. The highest BCUT2D eigenvalue weighted by molar-refractivity contribution is 6.30. The van der Waals surface area contributed by atoms with Crippen LogP contribution < -0.4 is 14.2 Å². The summed E-state index contributed by atoms with van der Waals surface area (Å²) in [5.74, 6) is 1.77. The van der Waals surface area contributed by atoms with Crippen molar-refractivity contribution in [3.8, 4) is 17.2 Å². The quantitative estimate of drug-likeness (QED) is 0.919. The van der Waals surface area contributed by atoms with E-state index in [1.54, 1.807) is 57.7 Å². The Balaban J connectivity index is 2.48. The van der Waals surface area contributed by atoms with Gasteiger partial charge < -0.3 is 19.3 Å². The number of aliphatic hydroxyl groups excluding tert-OH is 1. The van der Waals surface area contributed by atoms with E-state index in [1.807, 2.05) is 0 Å². The molecule has 0 saturated heterocycles. The third kappa shape index (κ3) is 3.40. The van der Waals surface area contributed by atoms with Crippen LogP contribution in [0.4, 0.5) is 0 Å². The standard InChI is InChI=1S/C16H17ClO4/c1-19-12-6-10(7-13(9-12)20-2)16(18)14-8-11(17)4-5-15(14)21-3/h4-9,16,18H,1-3H3. The Bertz CT molecular complexity index is 605. The van der Waals surface area contributed by atoms with Crippen LogP contribution in [-0.4, -0.2) is 26.4 Å². The zero-order chi connectivity index (χ0) is 15.4. The normalized spacial score (nSPS) is 11.9. The molecule has 1 unspecified atom stereocenters. The van der Waals surface area contributed by atoms with Gasteiger partial charge in [-0.15, -0.1) is 0 Å². The average molecular weight is 309 g/mol. The molecule has 0 aliphatic rings. The first kappa shape index (κ1) is 15.5. The second-order valence-electron chi connectivity index (χ2n) is 4.43. The summed E-state index contributed by atoms with van der Waals surface area (Å²) in [7, 11) is 4.67. The molecule has 0 bridgehead atoms. The molecule has 5 heteroatoms. The van der Waals surface area contributed by atoms with Gasteiger partial charge in [0.1, 0.15) is 23.4 Å². The van der Waals surface area contributed by atoms with E-state index in [0.717, 1.165) is 0 Å². The molecule has 0 saturated carbocycles. The number of methoxy groups -OCH3 is 3. The number of benzene rings is 2. The van der Waals surface area contributed by atoms with Crippen LogP contribution in [0.25, 0.3) is 0 Å². The molecular formula is C16H17ClO4. The summed E-state index contributed by atoms with van der Waals surface area (Å²) >= 11 is 6.01. The van der Waals surface area contributed by atoms with Crippen molar-refractivity contribution in [2.75, 3.05) is 21.3 Å². The minimum Gasteiger partial charge on any atom is -0.497 e. The second kappa shape index (κ2) is 6.70. The molecule has 2 aromatic rings. The fourth-order valence-electron chi connectivity index (χ4n) is 2.09. The van der Waals surface area contributed by atoms with Gasteiger partial charge in [0.15, 0.2) is 0 Å². The molecule has 21 heavy (non-hydrogen) atoms. The Labute approximate surface area is 128 Å². The Morgan fingerprint density at radius 1 is 0.905 bits per heavy atom. The number of aliphatic hydroxyl groups is 1. The highest BCUT2D eigenvalue weighted by Gasteiger charge is 2.18. The first-order valence-corrected chi connectivity index (χ1v) is 6.71. The predicted molar refractivity (Wildman–Crippen MR) is 81.6 cm³/mol. The van der Waals surface area contributed by atoms with Gasteiger partial charge in [0.05, 0.1) is 21.3 Å². The van der Waals surface area contributed by atoms with E-state index in [1.165, 1.54) is 0 Å². The van der Waals surface area contributed by atoms with E-state index in [-0.39, 0.29) is 0 Å². The molecule has 0 heterocycles. The van der Waals surface area contributed by atoms with Crippen molar-refractivity contribution in [2.24, 2.45) is 0 Å². The molecule has 4 nitrogen and oxygen atoms in total. The van der Waals surface area contributed by atoms with Crippen LogP contribution in [0.3, 0.4) is 0 Å². The largest absolute Gasteiger partial charge is 0.497 e.